The molecule has 116 valence electrons. The van der Waals surface area contributed by atoms with Gasteiger partial charge in [0.1, 0.15) is 30.2 Å². The zero-order chi connectivity index (χ0) is 15.0. The van der Waals surface area contributed by atoms with Crippen molar-refractivity contribution in [2.45, 2.75) is 37.0 Å². The fourth-order valence-corrected chi connectivity index (χ4v) is 2.52. The molecule has 2 heterocycles. The molecule has 6 atom stereocenters. The Bertz CT molecular complexity index is 475. The van der Waals surface area contributed by atoms with Gasteiger partial charge in [-0.3, -0.25) is 0 Å². The summed E-state index contributed by atoms with van der Waals surface area (Å²) in [4.78, 5) is 0. The smallest absolute Gasteiger partial charge is 0.184 e. The van der Waals surface area contributed by atoms with E-state index in [4.69, 9.17) is 18.9 Å². The Hall–Kier alpha value is -1.22. The second-order valence-electron chi connectivity index (χ2n) is 5.09. The highest BCUT2D eigenvalue weighted by Gasteiger charge is 2.48. The Kier molecular flexibility index (Phi) is 4.12. The third-order valence-electron chi connectivity index (χ3n) is 3.74. The summed E-state index contributed by atoms with van der Waals surface area (Å²) < 4.78 is 21.5. The lowest BCUT2D eigenvalue weighted by atomic mass is 9.98. The highest BCUT2D eigenvalue weighted by Crippen LogP contribution is 2.33. The van der Waals surface area contributed by atoms with Crippen LogP contribution in [0.15, 0.2) is 24.3 Å². The Morgan fingerprint density at radius 1 is 1.05 bits per heavy atom. The summed E-state index contributed by atoms with van der Waals surface area (Å²) in [6.45, 7) is 0.155. The highest BCUT2D eigenvalue weighted by molar-refractivity contribution is 5.28. The van der Waals surface area contributed by atoms with Crippen LogP contribution in [0.1, 0.15) is 11.9 Å². The molecule has 2 saturated heterocycles. The molecule has 0 aromatic heterocycles. The van der Waals surface area contributed by atoms with E-state index in [0.29, 0.717) is 5.75 Å². The fourth-order valence-electron chi connectivity index (χ4n) is 2.52. The molecule has 0 bridgehead atoms. The van der Waals surface area contributed by atoms with Gasteiger partial charge in [0.15, 0.2) is 12.6 Å². The molecular weight excluding hydrogens is 280 g/mol. The molecule has 1 aromatic rings. The summed E-state index contributed by atoms with van der Waals surface area (Å²) in [7, 11) is 1.58. The molecule has 7 nitrogen and oxygen atoms in total. The molecule has 0 spiro atoms. The van der Waals surface area contributed by atoms with Gasteiger partial charge in [-0.25, -0.2) is 0 Å². The van der Waals surface area contributed by atoms with Gasteiger partial charge < -0.3 is 34.3 Å². The SMILES string of the molecule is COc1ccc([C@@H]2OC[C@H]3O[C@@H](O)[C@H](O)[C@@H](O)[C@@H]3O2)cc1. The van der Waals surface area contributed by atoms with Crippen LogP contribution < -0.4 is 4.74 Å². The first-order valence-electron chi connectivity index (χ1n) is 6.71. The van der Waals surface area contributed by atoms with Gasteiger partial charge in [-0.15, -0.1) is 0 Å². The van der Waals surface area contributed by atoms with E-state index >= 15 is 0 Å². The van der Waals surface area contributed by atoms with E-state index in [9.17, 15) is 15.3 Å². The van der Waals surface area contributed by atoms with Crippen molar-refractivity contribution in [3.63, 3.8) is 0 Å². The van der Waals surface area contributed by atoms with Gasteiger partial charge in [0, 0.05) is 5.56 Å². The molecule has 3 N–H and O–H groups in total. The van der Waals surface area contributed by atoms with E-state index in [2.05, 4.69) is 0 Å². The van der Waals surface area contributed by atoms with E-state index in [1.165, 1.54) is 0 Å². The van der Waals surface area contributed by atoms with E-state index in [0.717, 1.165) is 5.56 Å². The predicted octanol–water partition coefficient (Wildman–Crippen LogP) is -0.452. The molecule has 0 saturated carbocycles. The normalized spacial score (nSPS) is 39.6. The van der Waals surface area contributed by atoms with Crippen molar-refractivity contribution in [2.75, 3.05) is 13.7 Å². The van der Waals surface area contributed by atoms with Crippen molar-refractivity contribution >= 4 is 0 Å². The first kappa shape index (κ1) is 14.7. The van der Waals surface area contributed by atoms with Crippen LogP contribution in [0.25, 0.3) is 0 Å². The Morgan fingerprint density at radius 3 is 2.43 bits per heavy atom. The van der Waals surface area contributed by atoms with Crippen LogP contribution in [0.4, 0.5) is 0 Å². The number of benzene rings is 1. The summed E-state index contributed by atoms with van der Waals surface area (Å²) in [5.41, 5.74) is 0.766. The number of methoxy groups -OCH3 is 1. The highest BCUT2D eigenvalue weighted by atomic mass is 16.7. The largest absolute Gasteiger partial charge is 0.497 e. The Labute approximate surface area is 121 Å². The molecule has 0 unspecified atom stereocenters. The quantitative estimate of drug-likeness (QED) is 0.680. The van der Waals surface area contributed by atoms with Crippen LogP contribution in [0, 0.1) is 0 Å². The van der Waals surface area contributed by atoms with Gasteiger partial charge in [-0.05, 0) is 12.1 Å². The minimum atomic E-state index is -1.44. The molecule has 3 rings (SSSR count). The first-order valence-corrected chi connectivity index (χ1v) is 6.71. The van der Waals surface area contributed by atoms with Crippen molar-refractivity contribution in [1.29, 1.82) is 0 Å². The van der Waals surface area contributed by atoms with Crippen LogP contribution in [0.2, 0.25) is 0 Å². The van der Waals surface area contributed by atoms with E-state index in [1.54, 1.807) is 31.4 Å². The molecule has 2 fully saturated rings. The third-order valence-corrected chi connectivity index (χ3v) is 3.74. The zero-order valence-electron chi connectivity index (χ0n) is 11.5. The molecule has 2 aliphatic rings. The number of hydrogen-bond donors (Lipinski definition) is 3. The van der Waals surface area contributed by atoms with Gasteiger partial charge in [-0.1, -0.05) is 12.1 Å². The third kappa shape index (κ3) is 2.76. The first-order chi connectivity index (χ1) is 10.1. The summed E-state index contributed by atoms with van der Waals surface area (Å²) in [6, 6.07) is 7.15. The molecule has 0 radical (unpaired) electrons. The Balaban J connectivity index is 1.73. The topological polar surface area (TPSA) is 97.6 Å². The number of hydrogen-bond acceptors (Lipinski definition) is 7. The molecule has 0 amide bonds. The van der Waals surface area contributed by atoms with Crippen LogP contribution in [0.5, 0.6) is 5.75 Å². The standard InChI is InChI=1S/C14H18O7/c1-18-8-4-2-7(3-5-8)14-19-6-9-12(21-14)10(15)11(16)13(17)20-9/h2-5,9-17H,6H2,1H3/t9-,10-,11-,12-,13-,14-/m1/s1. The predicted molar refractivity (Wildman–Crippen MR) is 69.5 cm³/mol. The van der Waals surface area contributed by atoms with E-state index < -0.39 is 37.0 Å². The van der Waals surface area contributed by atoms with Crippen molar-refractivity contribution in [2.24, 2.45) is 0 Å². The maximum Gasteiger partial charge on any atom is 0.184 e. The second kappa shape index (κ2) is 5.88. The van der Waals surface area contributed by atoms with Gasteiger partial charge in [0.05, 0.1) is 13.7 Å². The van der Waals surface area contributed by atoms with Crippen LogP contribution in [0.3, 0.4) is 0 Å². The van der Waals surface area contributed by atoms with E-state index in [-0.39, 0.29) is 6.61 Å². The van der Waals surface area contributed by atoms with Crippen molar-refractivity contribution < 1.29 is 34.3 Å². The zero-order valence-corrected chi connectivity index (χ0v) is 11.5. The molecule has 1 aromatic carbocycles. The maximum absolute atomic E-state index is 10.00. The molecule has 2 aliphatic heterocycles. The fraction of sp³-hybridized carbons (Fsp3) is 0.571. The average Bonchev–Trinajstić information content (AvgIpc) is 2.53. The van der Waals surface area contributed by atoms with Crippen LogP contribution in [-0.2, 0) is 14.2 Å². The van der Waals surface area contributed by atoms with Crippen molar-refractivity contribution in [3.05, 3.63) is 29.8 Å². The van der Waals surface area contributed by atoms with Crippen molar-refractivity contribution in [3.8, 4) is 5.75 Å². The molecule has 7 heteroatoms. The van der Waals surface area contributed by atoms with Gasteiger partial charge in [-0.2, -0.15) is 0 Å². The lowest BCUT2D eigenvalue weighted by molar-refractivity contribution is -0.354. The lowest BCUT2D eigenvalue weighted by Gasteiger charge is -2.45. The summed E-state index contributed by atoms with van der Waals surface area (Å²) >= 11 is 0. The number of rotatable bonds is 2. The number of fused-ring (bicyclic) bond motifs is 1. The molecule has 0 aliphatic carbocycles. The lowest BCUT2D eigenvalue weighted by Crippen LogP contribution is -2.61. The minimum absolute atomic E-state index is 0.155. The van der Waals surface area contributed by atoms with Crippen molar-refractivity contribution in [1.82, 2.24) is 0 Å². The average molecular weight is 298 g/mol. The summed E-state index contributed by atoms with van der Waals surface area (Å²) in [5, 5.41) is 29.1. The monoisotopic (exact) mass is 298 g/mol. The second-order valence-corrected chi connectivity index (χ2v) is 5.09. The van der Waals surface area contributed by atoms with Gasteiger partial charge in [0.2, 0.25) is 0 Å². The van der Waals surface area contributed by atoms with Gasteiger partial charge in [0.25, 0.3) is 0 Å². The number of ether oxygens (including phenoxy) is 4. The van der Waals surface area contributed by atoms with Crippen LogP contribution >= 0.6 is 0 Å². The Morgan fingerprint density at radius 2 is 1.76 bits per heavy atom. The van der Waals surface area contributed by atoms with Gasteiger partial charge >= 0.3 is 0 Å². The maximum atomic E-state index is 10.00. The minimum Gasteiger partial charge on any atom is -0.497 e. The number of aliphatic hydroxyl groups is 3. The molecule has 21 heavy (non-hydrogen) atoms. The number of aliphatic hydroxyl groups excluding tert-OH is 3. The summed E-state index contributed by atoms with van der Waals surface area (Å²) in [6.07, 6.45) is -6.12. The summed E-state index contributed by atoms with van der Waals surface area (Å²) in [5.74, 6) is 0.715. The van der Waals surface area contributed by atoms with Crippen LogP contribution in [-0.4, -0.2) is 59.7 Å². The van der Waals surface area contributed by atoms with E-state index in [1.807, 2.05) is 0 Å². The molecular formula is C14H18O7.